The molecule has 0 spiro atoms. The fourth-order valence-electron chi connectivity index (χ4n) is 15.8. The number of hydrogen-bond donors (Lipinski definition) is 8. The van der Waals surface area contributed by atoms with Gasteiger partial charge in [-0.1, -0.05) is 170 Å². The minimum Gasteiger partial charge on any atom is -0.356 e. The van der Waals surface area contributed by atoms with Gasteiger partial charge in [0.25, 0.3) is 0 Å². The lowest BCUT2D eigenvalue weighted by atomic mass is 9.90. The van der Waals surface area contributed by atoms with Gasteiger partial charge in [0.15, 0.2) is 0 Å². The summed E-state index contributed by atoms with van der Waals surface area (Å²) in [4.78, 5) is 103. The lowest BCUT2D eigenvalue weighted by molar-refractivity contribution is -0.143. The lowest BCUT2D eigenvalue weighted by Gasteiger charge is -2.33. The molecular formula is C81H106N16O7. The summed E-state index contributed by atoms with van der Waals surface area (Å²) in [6.07, 6.45) is 16.8. The highest BCUT2D eigenvalue weighted by Crippen LogP contribution is 2.38. The zero-order valence-electron chi connectivity index (χ0n) is 60.8. The van der Waals surface area contributed by atoms with Gasteiger partial charge in [-0.3, -0.25) is 42.9 Å². The number of rotatable bonds is 36. The van der Waals surface area contributed by atoms with Gasteiger partial charge in [0.2, 0.25) is 41.4 Å². The Bertz CT molecular complexity index is 3850. The SMILES string of the molecule is CC[C@H](NC)C(=O)N[C@@H]1C(=O)N2[C@@H](CC[C@@H]1CNC(=O)CCc1cn(CCCCc3ccc(CCCCn4cc([C@@H](NC(=O)[C@@H]5CC[C@@H]6CC[C@H](CCNCc7ccccc7)[C@H](NC(=O)[C@H](CC)NC)C(=O)N65)c5ccccc5)nn4)cc3)nn1)CC[C@H]2C(=O)NC(c1ccccc1)c1ccccc1. The van der Waals surface area contributed by atoms with Crippen LogP contribution in [0.15, 0.2) is 158 Å². The summed E-state index contributed by atoms with van der Waals surface area (Å²) >= 11 is 0. The molecule has 11 atom stereocenters. The normalized spacial score (nSPS) is 21.1. The molecule has 23 heteroatoms. The third kappa shape index (κ3) is 19.9. The minimum absolute atomic E-state index is 0.102. The Morgan fingerprint density at radius 3 is 1.48 bits per heavy atom. The summed E-state index contributed by atoms with van der Waals surface area (Å²) in [5, 5.41) is 43.4. The van der Waals surface area contributed by atoms with E-state index in [1.54, 1.807) is 23.9 Å². The molecule has 6 heterocycles. The average molecular weight is 1420 g/mol. The highest BCUT2D eigenvalue weighted by molar-refractivity contribution is 5.96. The molecule has 7 aromatic rings. The first-order chi connectivity index (χ1) is 50.8. The van der Waals surface area contributed by atoms with Gasteiger partial charge in [-0.25, -0.2) is 0 Å². The molecule has 2 aromatic heterocycles. The summed E-state index contributed by atoms with van der Waals surface area (Å²) < 4.78 is 3.68. The van der Waals surface area contributed by atoms with Crippen LogP contribution in [0, 0.1) is 11.8 Å². The standard InChI is InChI=1S/C81H106N16O7/c1-5-66(82-3)76(99)88-74-61(47-48-84-51-57-25-11-7-12-26-57)37-40-64-42-45-70(96(64)80(74)103)79(102)87-73(60-31-17-10-18-32-60)68-54-95(93-91-68)50-22-20-24-56-35-33-55(34-36-56)23-19-21-49-94-53-63(90-92-94)39-46-71(98)85-52-62-38-41-65-43-44-69(97(65)81(104)75(62)89-77(100)67(6-2)83-4)78(101)86-72(58-27-13-8-14-28-58)59-29-15-9-16-30-59/h7-18,25-36,53-54,61-62,64-67,69-70,72-75,82-84H,5-6,19-24,37-52H2,1-4H3,(H,85,98)(H,86,101)(H,87,102)(H,88,99)(H,89,100)/t61-,62-,64+,65+,66+,67+,69+,70+,73+,74+,75+/m1/s1. The predicted octanol–water partition coefficient (Wildman–Crippen LogP) is 7.76. The van der Waals surface area contributed by atoms with Gasteiger partial charge in [0.05, 0.1) is 36.1 Å². The minimum atomic E-state index is -0.940. The Morgan fingerprint density at radius 2 is 0.962 bits per heavy atom. The molecule has 104 heavy (non-hydrogen) atoms. The van der Waals surface area contributed by atoms with Gasteiger partial charge in [-0.05, 0) is 169 Å². The van der Waals surface area contributed by atoms with E-state index in [0.29, 0.717) is 102 Å². The highest BCUT2D eigenvalue weighted by Gasteiger charge is 2.50. The van der Waals surface area contributed by atoms with E-state index in [-0.39, 0.29) is 72.3 Å². The third-order valence-electron chi connectivity index (χ3n) is 21.7. The molecule has 7 amide bonds. The monoisotopic (exact) mass is 1410 g/mol. The number of fused-ring (bicyclic) bond motifs is 2. The van der Waals surface area contributed by atoms with E-state index >= 15 is 0 Å². The smallest absolute Gasteiger partial charge is 0.246 e. The molecule has 5 aromatic carbocycles. The molecule has 8 N–H and O–H groups in total. The highest BCUT2D eigenvalue weighted by atomic mass is 16.2. The summed E-state index contributed by atoms with van der Waals surface area (Å²) in [6.45, 7) is 6.78. The van der Waals surface area contributed by atoms with Crippen LogP contribution in [-0.2, 0) is 72.5 Å². The summed E-state index contributed by atoms with van der Waals surface area (Å²) in [7, 11) is 3.47. The van der Waals surface area contributed by atoms with Crippen molar-refractivity contribution in [1.29, 1.82) is 0 Å². The largest absolute Gasteiger partial charge is 0.356 e. The van der Waals surface area contributed by atoms with Crippen molar-refractivity contribution in [2.75, 3.05) is 27.2 Å². The van der Waals surface area contributed by atoms with Crippen molar-refractivity contribution in [2.24, 2.45) is 11.8 Å². The number of amides is 7. The molecule has 0 aliphatic carbocycles. The fraction of sp³-hybridized carbons (Fsp3) is 0.494. The first kappa shape index (κ1) is 75.7. The molecule has 4 aliphatic heterocycles. The van der Waals surface area contributed by atoms with Crippen LogP contribution in [0.1, 0.15) is 173 Å². The van der Waals surface area contributed by atoms with E-state index in [2.05, 4.69) is 99.6 Å². The second-order valence-corrected chi connectivity index (χ2v) is 28.6. The van der Waals surface area contributed by atoms with Crippen LogP contribution in [0.2, 0.25) is 0 Å². The molecule has 4 aliphatic rings. The van der Waals surface area contributed by atoms with Gasteiger partial charge in [-0.2, -0.15) is 0 Å². The van der Waals surface area contributed by atoms with Gasteiger partial charge in [-0.15, -0.1) is 10.2 Å². The van der Waals surface area contributed by atoms with Crippen LogP contribution in [-0.4, -0.2) is 157 Å². The number of nitrogens with one attached hydrogen (secondary N) is 8. The van der Waals surface area contributed by atoms with Crippen LogP contribution in [0.4, 0.5) is 0 Å². The second-order valence-electron chi connectivity index (χ2n) is 28.6. The molecule has 23 nitrogen and oxygen atoms in total. The van der Waals surface area contributed by atoms with E-state index < -0.39 is 54.3 Å². The van der Waals surface area contributed by atoms with Crippen molar-refractivity contribution in [3.63, 3.8) is 0 Å². The lowest BCUT2D eigenvalue weighted by Crippen LogP contribution is -2.59. The van der Waals surface area contributed by atoms with Crippen LogP contribution in [0.3, 0.4) is 0 Å². The van der Waals surface area contributed by atoms with E-state index in [4.69, 9.17) is 0 Å². The van der Waals surface area contributed by atoms with Gasteiger partial charge < -0.3 is 52.3 Å². The van der Waals surface area contributed by atoms with Gasteiger partial charge in [0, 0.05) is 63.2 Å². The van der Waals surface area contributed by atoms with Crippen molar-refractivity contribution in [2.45, 2.75) is 216 Å². The maximum absolute atomic E-state index is 14.9. The molecule has 11 rings (SSSR count). The van der Waals surface area contributed by atoms with Crippen molar-refractivity contribution in [1.82, 2.24) is 82.3 Å². The topological polar surface area (TPSA) is 284 Å². The Morgan fingerprint density at radius 1 is 0.500 bits per heavy atom. The number of likely N-dealkylation sites (N-methyl/N-ethyl adjacent to an activating group) is 2. The van der Waals surface area contributed by atoms with E-state index in [1.807, 2.05) is 145 Å². The van der Waals surface area contributed by atoms with Crippen molar-refractivity contribution < 1.29 is 33.6 Å². The van der Waals surface area contributed by atoms with Crippen LogP contribution < -0.4 is 42.5 Å². The quantitative estimate of drug-likeness (QED) is 0.0174. The molecular weight excluding hydrogens is 1310 g/mol. The molecule has 4 saturated heterocycles. The van der Waals surface area contributed by atoms with Crippen LogP contribution in [0.5, 0.6) is 0 Å². The number of hydrogen-bond acceptors (Lipinski definition) is 14. The number of benzene rings is 5. The first-order valence-electron chi connectivity index (χ1n) is 38.0. The number of aromatic nitrogens is 6. The number of nitrogens with zero attached hydrogens (tertiary/aromatic N) is 8. The fourth-order valence-corrected chi connectivity index (χ4v) is 15.8. The Labute approximate surface area is 612 Å². The van der Waals surface area contributed by atoms with E-state index in [1.165, 1.54) is 16.7 Å². The van der Waals surface area contributed by atoms with Crippen LogP contribution in [0.25, 0.3) is 0 Å². The molecule has 0 saturated carbocycles. The Hall–Kier alpha value is -9.45. The third-order valence-corrected chi connectivity index (χ3v) is 21.7. The number of carbonyl (C=O) groups excluding carboxylic acids is 7. The van der Waals surface area contributed by atoms with Crippen molar-refractivity contribution >= 4 is 41.4 Å². The Balaban J connectivity index is 0.609. The molecule has 4 fully saturated rings. The van der Waals surface area contributed by atoms with Crippen molar-refractivity contribution in [3.05, 3.63) is 203 Å². The zero-order valence-corrected chi connectivity index (χ0v) is 60.8. The maximum Gasteiger partial charge on any atom is 0.246 e. The summed E-state index contributed by atoms with van der Waals surface area (Å²) in [5.41, 5.74) is 7.76. The maximum atomic E-state index is 14.9. The molecule has 0 radical (unpaired) electrons. The van der Waals surface area contributed by atoms with Gasteiger partial charge >= 0.3 is 0 Å². The number of unbranched alkanes of at least 4 members (excludes halogenated alkanes) is 2. The predicted molar refractivity (Wildman–Crippen MR) is 399 cm³/mol. The first-order valence-corrected chi connectivity index (χ1v) is 38.0. The van der Waals surface area contributed by atoms with Crippen LogP contribution >= 0.6 is 0 Å². The summed E-state index contributed by atoms with van der Waals surface area (Å²) in [6, 6.07) is 43.0. The Kier molecular flexibility index (Phi) is 27.5. The van der Waals surface area contributed by atoms with E-state index in [0.717, 1.165) is 68.1 Å². The number of carbonyl (C=O) groups is 7. The molecule has 552 valence electrons. The second kappa shape index (κ2) is 37.8. The van der Waals surface area contributed by atoms with Crippen molar-refractivity contribution in [3.8, 4) is 0 Å². The molecule has 0 unspecified atom stereocenters. The zero-order chi connectivity index (χ0) is 72.7. The van der Waals surface area contributed by atoms with E-state index in [9.17, 15) is 33.6 Å². The molecule has 0 bridgehead atoms. The average Bonchev–Trinajstić information content (AvgIpc) is 1.64. The summed E-state index contributed by atoms with van der Waals surface area (Å²) in [5.74, 6) is -2.17. The van der Waals surface area contributed by atoms with Gasteiger partial charge in [0.1, 0.15) is 29.9 Å². The number of aryl methyl sites for hydroxylation is 5.